The number of likely N-dealkylation sites (tertiary alicyclic amines) is 1. The molecule has 3 atom stereocenters. The van der Waals surface area contributed by atoms with E-state index in [1.807, 2.05) is 30.3 Å². The summed E-state index contributed by atoms with van der Waals surface area (Å²) in [5.41, 5.74) is 1.14. The van der Waals surface area contributed by atoms with Crippen LogP contribution in [0.1, 0.15) is 36.5 Å². The van der Waals surface area contributed by atoms with Crippen molar-refractivity contribution in [3.05, 3.63) is 72.2 Å². The van der Waals surface area contributed by atoms with E-state index < -0.39 is 0 Å². The molecule has 124 valence electrons. The molecule has 3 nitrogen and oxygen atoms in total. The maximum Gasteiger partial charge on any atom is 0.223 e. The maximum atomic E-state index is 12.9. The fourth-order valence-electron chi connectivity index (χ4n) is 4.08. The third-order valence-electron chi connectivity index (χ3n) is 5.44. The quantitative estimate of drug-likeness (QED) is 0.790. The molecule has 0 spiro atoms. The fourth-order valence-corrected chi connectivity index (χ4v) is 4.08. The molecule has 1 fully saturated rings. The van der Waals surface area contributed by atoms with Gasteiger partial charge in [0.05, 0.1) is 12.2 Å². The number of allylic oxidation sites excluding steroid dienone is 2. The van der Waals surface area contributed by atoms with Crippen LogP contribution in [0.4, 0.5) is 0 Å². The molecule has 24 heavy (non-hydrogen) atoms. The van der Waals surface area contributed by atoms with Gasteiger partial charge in [0.25, 0.3) is 0 Å². The van der Waals surface area contributed by atoms with E-state index in [1.165, 1.54) is 0 Å². The Kier molecular flexibility index (Phi) is 4.24. The number of nitrogens with zero attached hydrogens (tertiary/aromatic N) is 1. The highest BCUT2D eigenvalue weighted by molar-refractivity contribution is 5.78. The monoisotopic (exact) mass is 321 g/mol. The second kappa shape index (κ2) is 6.68. The van der Waals surface area contributed by atoms with Gasteiger partial charge in [0.15, 0.2) is 0 Å². The van der Waals surface area contributed by atoms with Crippen molar-refractivity contribution >= 4 is 5.91 Å². The maximum absolute atomic E-state index is 12.9. The molecular formula is C21H23NO2. The number of hydrogen-bond acceptors (Lipinski definition) is 2. The Morgan fingerprint density at radius 2 is 1.75 bits per heavy atom. The van der Waals surface area contributed by atoms with Crippen LogP contribution in [-0.2, 0) is 4.79 Å². The Bertz CT molecular complexity index is 689. The van der Waals surface area contributed by atoms with E-state index in [0.29, 0.717) is 18.3 Å². The minimum absolute atomic E-state index is 0.00514. The van der Waals surface area contributed by atoms with Gasteiger partial charge in [-0.25, -0.2) is 0 Å². The van der Waals surface area contributed by atoms with Crippen molar-refractivity contribution in [2.75, 3.05) is 13.1 Å². The van der Waals surface area contributed by atoms with E-state index in [2.05, 4.69) is 29.2 Å². The van der Waals surface area contributed by atoms with Crippen molar-refractivity contribution in [3.63, 3.8) is 0 Å². The van der Waals surface area contributed by atoms with Gasteiger partial charge in [-0.2, -0.15) is 0 Å². The molecule has 1 saturated heterocycles. The van der Waals surface area contributed by atoms with Gasteiger partial charge in [0, 0.05) is 19.5 Å². The zero-order valence-electron chi connectivity index (χ0n) is 13.8. The first-order chi connectivity index (χ1) is 11.8. The van der Waals surface area contributed by atoms with E-state index in [1.54, 1.807) is 6.26 Å². The van der Waals surface area contributed by atoms with Gasteiger partial charge in [-0.1, -0.05) is 42.5 Å². The third-order valence-corrected chi connectivity index (χ3v) is 5.44. The van der Waals surface area contributed by atoms with Crippen LogP contribution < -0.4 is 0 Å². The van der Waals surface area contributed by atoms with Gasteiger partial charge >= 0.3 is 0 Å². The lowest BCUT2D eigenvalue weighted by Gasteiger charge is -2.20. The smallest absolute Gasteiger partial charge is 0.223 e. The molecule has 1 aromatic heterocycles. The molecule has 2 aromatic rings. The van der Waals surface area contributed by atoms with Gasteiger partial charge in [0.1, 0.15) is 5.76 Å². The number of hydrogen-bond donors (Lipinski definition) is 0. The molecule has 2 aliphatic rings. The molecule has 1 aliphatic heterocycles. The predicted octanol–water partition coefficient (Wildman–Crippen LogP) is 4.23. The largest absolute Gasteiger partial charge is 0.469 e. The molecule has 1 aromatic carbocycles. The number of benzene rings is 1. The lowest BCUT2D eigenvalue weighted by Crippen LogP contribution is -2.30. The van der Waals surface area contributed by atoms with Crippen molar-refractivity contribution in [3.8, 4) is 0 Å². The fraction of sp³-hybridized carbons (Fsp3) is 0.381. The van der Waals surface area contributed by atoms with Gasteiger partial charge in [-0.05, 0) is 42.4 Å². The molecule has 0 unspecified atom stereocenters. The highest BCUT2D eigenvalue weighted by Gasteiger charge is 2.36. The van der Waals surface area contributed by atoms with E-state index in [-0.39, 0.29) is 11.8 Å². The first kappa shape index (κ1) is 15.3. The number of furan rings is 1. The minimum atomic E-state index is -0.00514. The van der Waals surface area contributed by atoms with Gasteiger partial charge in [-0.3, -0.25) is 4.79 Å². The molecule has 0 radical (unpaired) electrons. The Balaban J connectivity index is 1.50. The Labute approximate surface area is 143 Å². The van der Waals surface area contributed by atoms with Gasteiger partial charge in [0.2, 0.25) is 5.91 Å². The number of amides is 1. The lowest BCUT2D eigenvalue weighted by atomic mass is 9.86. The van der Waals surface area contributed by atoms with Gasteiger partial charge in [-0.15, -0.1) is 0 Å². The summed E-state index contributed by atoms with van der Waals surface area (Å²) in [4.78, 5) is 15.0. The van der Waals surface area contributed by atoms with Crippen molar-refractivity contribution in [1.82, 2.24) is 4.90 Å². The molecule has 1 aliphatic carbocycles. The second-order valence-corrected chi connectivity index (χ2v) is 6.94. The van der Waals surface area contributed by atoms with Crippen LogP contribution in [0.15, 0.2) is 65.3 Å². The van der Waals surface area contributed by atoms with Crippen LogP contribution in [0.5, 0.6) is 0 Å². The van der Waals surface area contributed by atoms with E-state index in [4.69, 9.17) is 4.42 Å². The van der Waals surface area contributed by atoms with Crippen molar-refractivity contribution in [1.29, 1.82) is 0 Å². The molecule has 0 saturated carbocycles. The molecule has 3 heteroatoms. The summed E-state index contributed by atoms with van der Waals surface area (Å²) in [6.45, 7) is 1.82. The summed E-state index contributed by atoms with van der Waals surface area (Å²) in [6.07, 6.45) is 8.94. The van der Waals surface area contributed by atoms with Crippen LogP contribution >= 0.6 is 0 Å². The lowest BCUT2D eigenvalue weighted by molar-refractivity contribution is -0.130. The summed E-state index contributed by atoms with van der Waals surface area (Å²) in [5.74, 6) is 2.41. The summed E-state index contributed by atoms with van der Waals surface area (Å²) >= 11 is 0. The standard InChI is InChI=1S/C21H23NO2/c23-21(22-14-17-9-4-5-10-18(17)15-22)13-19(20-11-6-12-24-20)16-7-2-1-3-8-16/h1-8,11-12,17-19H,9-10,13-15H2/t17-,18+,19-/m1/s1. The van der Waals surface area contributed by atoms with Crippen LogP contribution in [-0.4, -0.2) is 23.9 Å². The molecule has 4 rings (SSSR count). The third kappa shape index (κ3) is 3.03. The van der Waals surface area contributed by atoms with Crippen molar-refractivity contribution in [2.45, 2.75) is 25.2 Å². The SMILES string of the molecule is O=C(C[C@H](c1ccccc1)c1ccco1)N1C[C@H]2CC=CC[C@H]2C1. The second-order valence-electron chi connectivity index (χ2n) is 6.94. The Morgan fingerprint density at radius 3 is 2.38 bits per heavy atom. The molecule has 2 heterocycles. The number of fused-ring (bicyclic) bond motifs is 1. The average molecular weight is 321 g/mol. The zero-order valence-corrected chi connectivity index (χ0v) is 13.8. The van der Waals surface area contributed by atoms with Crippen LogP contribution in [0.3, 0.4) is 0 Å². The van der Waals surface area contributed by atoms with E-state index in [0.717, 1.165) is 37.3 Å². The summed E-state index contributed by atoms with van der Waals surface area (Å²) in [5, 5.41) is 0. The first-order valence-corrected chi connectivity index (χ1v) is 8.82. The molecule has 1 amide bonds. The van der Waals surface area contributed by atoms with Crippen molar-refractivity contribution < 1.29 is 9.21 Å². The Hall–Kier alpha value is -2.29. The zero-order chi connectivity index (χ0) is 16.4. The van der Waals surface area contributed by atoms with E-state index >= 15 is 0 Å². The number of carbonyl (C=O) groups is 1. The van der Waals surface area contributed by atoms with Crippen LogP contribution in [0.2, 0.25) is 0 Å². The first-order valence-electron chi connectivity index (χ1n) is 8.82. The molecular weight excluding hydrogens is 298 g/mol. The highest BCUT2D eigenvalue weighted by Crippen LogP contribution is 2.35. The Morgan fingerprint density at radius 1 is 1.04 bits per heavy atom. The van der Waals surface area contributed by atoms with Crippen LogP contribution in [0.25, 0.3) is 0 Å². The van der Waals surface area contributed by atoms with Crippen molar-refractivity contribution in [2.24, 2.45) is 11.8 Å². The predicted molar refractivity (Wildman–Crippen MR) is 93.5 cm³/mol. The summed E-state index contributed by atoms with van der Waals surface area (Å²) < 4.78 is 5.63. The van der Waals surface area contributed by atoms with E-state index in [9.17, 15) is 4.79 Å². The number of carbonyl (C=O) groups excluding carboxylic acids is 1. The molecule has 0 N–H and O–H groups in total. The number of rotatable bonds is 4. The normalized spacial score (nSPS) is 23.9. The summed E-state index contributed by atoms with van der Waals surface area (Å²) in [6, 6.07) is 14.1. The average Bonchev–Trinajstić information content (AvgIpc) is 3.29. The van der Waals surface area contributed by atoms with Crippen LogP contribution in [0, 0.1) is 11.8 Å². The minimum Gasteiger partial charge on any atom is -0.469 e. The summed E-state index contributed by atoms with van der Waals surface area (Å²) in [7, 11) is 0. The highest BCUT2D eigenvalue weighted by atomic mass is 16.3. The molecule has 0 bridgehead atoms. The van der Waals surface area contributed by atoms with Gasteiger partial charge < -0.3 is 9.32 Å². The topological polar surface area (TPSA) is 33.5 Å².